The van der Waals surface area contributed by atoms with Gasteiger partial charge in [0.05, 0.1) is 10.5 Å². The molecule has 0 N–H and O–H groups in total. The predicted molar refractivity (Wildman–Crippen MR) is 140 cm³/mol. The Labute approximate surface area is 229 Å². The number of hydrogen-bond donors (Lipinski definition) is 0. The summed E-state index contributed by atoms with van der Waals surface area (Å²) in [6, 6.07) is 2.40. The van der Waals surface area contributed by atoms with Crippen LogP contribution in [0.5, 0.6) is 0 Å². The van der Waals surface area contributed by atoms with E-state index >= 15 is 0 Å². The highest BCUT2D eigenvalue weighted by Gasteiger charge is 2.45. The Morgan fingerprint density at radius 2 is 1.62 bits per heavy atom. The summed E-state index contributed by atoms with van der Waals surface area (Å²) in [5, 5.41) is 3.13. The molecule has 2 aliphatic rings. The topological polar surface area (TPSA) is 87.2 Å². The summed E-state index contributed by atoms with van der Waals surface area (Å²) >= 11 is 0. The first-order valence-corrected chi connectivity index (χ1v) is 14.8. The molecule has 8 nitrogen and oxygen atoms in total. The molecule has 1 aromatic carbocycles. The number of halogens is 3. The third-order valence-electron chi connectivity index (χ3n) is 6.79. The molecule has 1 atom stereocenters. The average molecular weight is 576 g/mol. The summed E-state index contributed by atoms with van der Waals surface area (Å²) in [6.07, 6.45) is -2.88. The van der Waals surface area contributed by atoms with Crippen molar-refractivity contribution in [2.45, 2.75) is 108 Å². The molecular weight excluding hydrogens is 535 g/mol. The molecule has 1 saturated heterocycles. The highest BCUT2D eigenvalue weighted by atomic mass is 32.2. The molecule has 220 valence electrons. The number of piperidine rings is 1. The number of carbonyl (C=O) groups excluding carboxylic acids is 2. The summed E-state index contributed by atoms with van der Waals surface area (Å²) in [6.45, 7) is 11.2. The molecule has 1 unspecified atom stereocenters. The number of ether oxygens (including phenoxy) is 1. The van der Waals surface area contributed by atoms with Crippen molar-refractivity contribution in [2.75, 3.05) is 13.1 Å². The monoisotopic (exact) mass is 575 g/mol. The lowest BCUT2D eigenvalue weighted by Gasteiger charge is -2.45. The first-order chi connectivity index (χ1) is 17.9. The third kappa shape index (κ3) is 7.94. The minimum Gasteiger partial charge on any atom is -0.443 e. The Morgan fingerprint density at radius 3 is 2.08 bits per heavy atom. The number of ketones is 1. The van der Waals surface area contributed by atoms with Crippen LogP contribution in [0.25, 0.3) is 0 Å². The minimum absolute atomic E-state index is 0.129. The quantitative estimate of drug-likeness (QED) is 0.388. The van der Waals surface area contributed by atoms with E-state index in [0.29, 0.717) is 38.2 Å². The van der Waals surface area contributed by atoms with Gasteiger partial charge in [0.15, 0.2) is 5.78 Å². The number of rotatable bonds is 9. The summed E-state index contributed by atoms with van der Waals surface area (Å²) in [7, 11) is -4.19. The molecule has 1 aromatic rings. The normalized spacial score (nSPS) is 18.8. The molecule has 0 aromatic heterocycles. The summed E-state index contributed by atoms with van der Waals surface area (Å²) < 4.78 is 74.1. The lowest BCUT2D eigenvalue weighted by atomic mass is 10.00. The van der Waals surface area contributed by atoms with Gasteiger partial charge in [-0.3, -0.25) is 4.79 Å². The molecule has 1 heterocycles. The third-order valence-corrected chi connectivity index (χ3v) is 8.79. The second-order valence-electron chi connectivity index (χ2n) is 11.9. The Hall–Kier alpha value is -2.18. The molecule has 3 rings (SSSR count). The number of benzene rings is 1. The molecule has 1 aliphatic carbocycles. The van der Waals surface area contributed by atoms with Crippen molar-refractivity contribution in [3.8, 4) is 0 Å². The van der Waals surface area contributed by atoms with Gasteiger partial charge in [-0.05, 0) is 83.9 Å². The van der Waals surface area contributed by atoms with Crippen molar-refractivity contribution < 1.29 is 35.9 Å². The molecule has 1 amide bonds. The van der Waals surface area contributed by atoms with Gasteiger partial charge < -0.3 is 4.74 Å². The summed E-state index contributed by atoms with van der Waals surface area (Å²) in [5.74, 6) is -0.0484. The zero-order valence-electron chi connectivity index (χ0n) is 23.5. The number of nitrogens with zero attached hydrogens (tertiary/aromatic N) is 3. The molecule has 39 heavy (non-hydrogen) atoms. The second-order valence-corrected chi connectivity index (χ2v) is 13.7. The zero-order valence-corrected chi connectivity index (χ0v) is 24.3. The molecule has 0 bridgehead atoms. The summed E-state index contributed by atoms with van der Waals surface area (Å²) in [5.41, 5.74) is -1.79. The SMILES string of the molecule is CC(=O)C(CC(C)C)N(C(=O)OC(C)(C)C)N1CCC(N(C2CC2)S(=O)(=O)c2cccc(C(F)(F)F)c2)CC1. The van der Waals surface area contributed by atoms with Crippen LogP contribution in [-0.2, 0) is 25.7 Å². The van der Waals surface area contributed by atoms with Crippen molar-refractivity contribution in [1.82, 2.24) is 14.3 Å². The van der Waals surface area contributed by atoms with Crippen LogP contribution in [0.4, 0.5) is 18.0 Å². The number of hydrogen-bond acceptors (Lipinski definition) is 6. The highest BCUT2D eigenvalue weighted by molar-refractivity contribution is 7.89. The van der Waals surface area contributed by atoms with Gasteiger partial charge in [-0.2, -0.15) is 17.5 Å². The molecule has 2 fully saturated rings. The standard InChI is InChI=1S/C27H40F3N3O5S/c1-18(2)16-24(19(3)34)32(25(35)38-26(4,5)6)31-14-12-22(13-15-31)33(21-10-11-21)39(36,37)23-9-7-8-20(17-23)27(28,29)30/h7-9,17-18,21-22,24H,10-16H2,1-6H3. The second kappa shape index (κ2) is 11.7. The van der Waals surface area contributed by atoms with E-state index < -0.39 is 45.5 Å². The zero-order chi connectivity index (χ0) is 29.3. The maximum atomic E-state index is 13.6. The van der Waals surface area contributed by atoms with E-state index in [4.69, 9.17) is 4.74 Å². The smallest absolute Gasteiger partial charge is 0.425 e. The van der Waals surface area contributed by atoms with Gasteiger partial charge in [0.2, 0.25) is 10.0 Å². The molecule has 0 radical (unpaired) electrons. The Bertz CT molecular complexity index is 1140. The van der Waals surface area contributed by atoms with Crippen LogP contribution >= 0.6 is 0 Å². The maximum absolute atomic E-state index is 13.6. The van der Waals surface area contributed by atoms with Gasteiger partial charge in [-0.15, -0.1) is 0 Å². The van der Waals surface area contributed by atoms with Crippen molar-refractivity contribution in [3.63, 3.8) is 0 Å². The van der Waals surface area contributed by atoms with Gasteiger partial charge >= 0.3 is 12.3 Å². The van der Waals surface area contributed by atoms with Crippen LogP contribution in [0.15, 0.2) is 29.2 Å². The minimum atomic E-state index is -4.66. The fraction of sp³-hybridized carbons (Fsp3) is 0.704. The van der Waals surface area contributed by atoms with E-state index in [1.165, 1.54) is 22.3 Å². The largest absolute Gasteiger partial charge is 0.443 e. The van der Waals surface area contributed by atoms with Crippen LogP contribution in [0.3, 0.4) is 0 Å². The molecular formula is C27H40F3N3O5S. The van der Waals surface area contributed by atoms with E-state index in [9.17, 15) is 31.2 Å². The number of sulfonamides is 1. The molecule has 1 aliphatic heterocycles. The van der Waals surface area contributed by atoms with E-state index in [2.05, 4.69) is 0 Å². The van der Waals surface area contributed by atoms with Crippen molar-refractivity contribution >= 4 is 21.9 Å². The number of hydrazine groups is 1. The average Bonchev–Trinajstić information content (AvgIpc) is 3.62. The predicted octanol–water partition coefficient (Wildman–Crippen LogP) is 5.48. The highest BCUT2D eigenvalue weighted by Crippen LogP contribution is 2.38. The van der Waals surface area contributed by atoms with E-state index in [0.717, 1.165) is 12.1 Å². The Balaban J connectivity index is 1.85. The lowest BCUT2D eigenvalue weighted by Crippen LogP contribution is -2.59. The number of amides is 1. The first-order valence-electron chi connectivity index (χ1n) is 13.4. The molecule has 1 saturated carbocycles. The van der Waals surface area contributed by atoms with Crippen LogP contribution in [0.1, 0.15) is 79.2 Å². The van der Waals surface area contributed by atoms with Crippen LogP contribution in [0, 0.1) is 5.92 Å². The fourth-order valence-corrected chi connectivity index (χ4v) is 6.91. The van der Waals surface area contributed by atoms with Gasteiger partial charge in [0.1, 0.15) is 11.6 Å². The van der Waals surface area contributed by atoms with Crippen LogP contribution < -0.4 is 0 Å². The fourth-order valence-electron chi connectivity index (χ4n) is 4.93. The van der Waals surface area contributed by atoms with Crippen molar-refractivity contribution in [3.05, 3.63) is 29.8 Å². The number of Topliss-reactive ketones (excluding diaryl/α,β-unsaturated/α-hetero) is 1. The van der Waals surface area contributed by atoms with Crippen molar-refractivity contribution in [2.24, 2.45) is 5.92 Å². The van der Waals surface area contributed by atoms with Gasteiger partial charge in [0.25, 0.3) is 0 Å². The van der Waals surface area contributed by atoms with Crippen molar-refractivity contribution in [1.29, 1.82) is 0 Å². The van der Waals surface area contributed by atoms with E-state index in [-0.39, 0.29) is 35.7 Å². The van der Waals surface area contributed by atoms with Gasteiger partial charge in [-0.25, -0.2) is 23.2 Å². The van der Waals surface area contributed by atoms with Gasteiger partial charge in [0, 0.05) is 25.2 Å². The maximum Gasteiger partial charge on any atom is 0.425 e. The molecule has 0 spiro atoms. The lowest BCUT2D eigenvalue weighted by molar-refractivity contribution is -0.137. The first kappa shape index (κ1) is 31.3. The molecule has 12 heteroatoms. The van der Waals surface area contributed by atoms with E-state index in [1.807, 2.05) is 13.8 Å². The Morgan fingerprint density at radius 1 is 1.05 bits per heavy atom. The Kier molecular flexibility index (Phi) is 9.44. The van der Waals surface area contributed by atoms with Crippen LogP contribution in [-0.4, -0.2) is 71.4 Å². The number of alkyl halides is 3. The van der Waals surface area contributed by atoms with E-state index in [1.54, 1.807) is 25.8 Å². The van der Waals surface area contributed by atoms with Crippen LogP contribution in [0.2, 0.25) is 0 Å². The summed E-state index contributed by atoms with van der Waals surface area (Å²) in [4.78, 5) is 25.6. The van der Waals surface area contributed by atoms with Gasteiger partial charge in [-0.1, -0.05) is 19.9 Å². The number of carbonyl (C=O) groups is 2.